The molecule has 126 valence electrons. The number of nitrogens with two attached hydrogens (primary N) is 1. The number of piperidine rings is 1. The Morgan fingerprint density at radius 1 is 1.21 bits per heavy atom. The number of rotatable bonds is 3. The Labute approximate surface area is 139 Å². The quantitative estimate of drug-likeness (QED) is 0.940. The van der Waals surface area contributed by atoms with Crippen molar-refractivity contribution >= 4 is 11.8 Å². The van der Waals surface area contributed by atoms with Crippen LogP contribution in [0, 0.1) is 11.7 Å². The van der Waals surface area contributed by atoms with E-state index in [-0.39, 0.29) is 30.2 Å². The third-order valence-electron chi connectivity index (χ3n) is 4.50. The summed E-state index contributed by atoms with van der Waals surface area (Å²) in [6.07, 6.45) is 1.39. The summed E-state index contributed by atoms with van der Waals surface area (Å²) >= 11 is 0. The molecule has 1 aromatic carbocycles. The summed E-state index contributed by atoms with van der Waals surface area (Å²) in [6.45, 7) is 2.21. The SMILES string of the molecule is C[C@@H]1CC[C@@H](C(N)=O)CN1C(=O)c1ccc(-c2ccccc2F)o1. The zero-order valence-electron chi connectivity index (χ0n) is 13.4. The lowest BCUT2D eigenvalue weighted by atomic mass is 9.93. The highest BCUT2D eigenvalue weighted by atomic mass is 19.1. The van der Waals surface area contributed by atoms with Crippen molar-refractivity contribution in [1.82, 2.24) is 4.90 Å². The topological polar surface area (TPSA) is 76.5 Å². The molecule has 0 radical (unpaired) electrons. The number of amides is 2. The van der Waals surface area contributed by atoms with Crippen LogP contribution in [0.15, 0.2) is 40.8 Å². The Kier molecular flexibility index (Phi) is 4.38. The molecule has 2 amide bonds. The van der Waals surface area contributed by atoms with Crippen LogP contribution in [-0.4, -0.2) is 29.3 Å². The molecule has 5 nitrogen and oxygen atoms in total. The molecule has 0 unspecified atom stereocenters. The predicted molar refractivity (Wildman–Crippen MR) is 86.5 cm³/mol. The van der Waals surface area contributed by atoms with Gasteiger partial charge < -0.3 is 15.1 Å². The summed E-state index contributed by atoms with van der Waals surface area (Å²) in [7, 11) is 0. The van der Waals surface area contributed by atoms with Gasteiger partial charge in [0.1, 0.15) is 11.6 Å². The predicted octanol–water partition coefficient (Wildman–Crippen LogP) is 2.81. The van der Waals surface area contributed by atoms with Crippen molar-refractivity contribution in [3.63, 3.8) is 0 Å². The zero-order chi connectivity index (χ0) is 17.3. The van der Waals surface area contributed by atoms with Crippen molar-refractivity contribution in [3.8, 4) is 11.3 Å². The molecule has 2 atom stereocenters. The van der Waals surface area contributed by atoms with E-state index in [0.717, 1.165) is 0 Å². The standard InChI is InChI=1S/C18H19FN2O3/c1-11-6-7-12(17(20)22)10-21(11)18(23)16-9-8-15(24-16)13-4-2-3-5-14(13)19/h2-5,8-9,11-12H,6-7,10H2,1H3,(H2,20,22)/t11-,12-/m1/s1. The molecule has 0 aliphatic carbocycles. The number of benzene rings is 1. The third kappa shape index (κ3) is 3.04. The van der Waals surface area contributed by atoms with Crippen molar-refractivity contribution < 1.29 is 18.4 Å². The first-order chi connectivity index (χ1) is 11.5. The molecular formula is C18H19FN2O3. The Balaban J connectivity index is 1.83. The van der Waals surface area contributed by atoms with Crippen LogP contribution >= 0.6 is 0 Å². The number of primary amides is 1. The number of furan rings is 1. The van der Waals surface area contributed by atoms with Gasteiger partial charge in [-0.1, -0.05) is 12.1 Å². The van der Waals surface area contributed by atoms with E-state index in [4.69, 9.17) is 10.2 Å². The highest BCUT2D eigenvalue weighted by Gasteiger charge is 2.33. The van der Waals surface area contributed by atoms with Crippen LogP contribution in [0.25, 0.3) is 11.3 Å². The van der Waals surface area contributed by atoms with Crippen LogP contribution < -0.4 is 5.73 Å². The van der Waals surface area contributed by atoms with Crippen molar-refractivity contribution in [1.29, 1.82) is 0 Å². The van der Waals surface area contributed by atoms with Gasteiger partial charge in [0.05, 0.1) is 11.5 Å². The molecule has 1 fully saturated rings. The lowest BCUT2D eigenvalue weighted by molar-refractivity contribution is -0.123. The second-order valence-electron chi connectivity index (χ2n) is 6.13. The average Bonchev–Trinajstić information content (AvgIpc) is 3.04. The third-order valence-corrected chi connectivity index (χ3v) is 4.50. The highest BCUT2D eigenvalue weighted by Crippen LogP contribution is 2.28. The van der Waals surface area contributed by atoms with Crippen LogP contribution in [0.5, 0.6) is 0 Å². The van der Waals surface area contributed by atoms with E-state index in [1.54, 1.807) is 29.2 Å². The van der Waals surface area contributed by atoms with Crippen molar-refractivity contribution in [2.24, 2.45) is 11.7 Å². The first-order valence-electron chi connectivity index (χ1n) is 7.92. The number of hydrogen-bond donors (Lipinski definition) is 1. The Hall–Kier alpha value is -2.63. The first-order valence-corrected chi connectivity index (χ1v) is 7.92. The molecule has 1 aliphatic rings. The second kappa shape index (κ2) is 6.47. The van der Waals surface area contributed by atoms with Gasteiger partial charge in [0.15, 0.2) is 5.76 Å². The molecule has 1 aromatic heterocycles. The molecule has 0 bridgehead atoms. The summed E-state index contributed by atoms with van der Waals surface area (Å²) in [5.41, 5.74) is 5.67. The molecule has 2 N–H and O–H groups in total. The van der Waals surface area contributed by atoms with E-state index in [2.05, 4.69) is 0 Å². The summed E-state index contributed by atoms with van der Waals surface area (Å²) in [4.78, 5) is 25.7. The second-order valence-corrected chi connectivity index (χ2v) is 6.13. The summed E-state index contributed by atoms with van der Waals surface area (Å²) < 4.78 is 19.4. The molecule has 2 aromatic rings. The van der Waals surface area contributed by atoms with E-state index in [9.17, 15) is 14.0 Å². The van der Waals surface area contributed by atoms with Crippen LogP contribution in [0.3, 0.4) is 0 Å². The first kappa shape index (κ1) is 16.2. The Morgan fingerprint density at radius 3 is 2.67 bits per heavy atom. The number of nitrogens with zero attached hydrogens (tertiary/aromatic N) is 1. The molecule has 24 heavy (non-hydrogen) atoms. The maximum atomic E-state index is 13.8. The van der Waals surface area contributed by atoms with Gasteiger partial charge >= 0.3 is 0 Å². The Morgan fingerprint density at radius 2 is 1.96 bits per heavy atom. The van der Waals surface area contributed by atoms with Gasteiger partial charge in [0.25, 0.3) is 5.91 Å². The molecule has 0 spiro atoms. The van der Waals surface area contributed by atoms with Gasteiger partial charge in [0, 0.05) is 12.6 Å². The highest BCUT2D eigenvalue weighted by molar-refractivity contribution is 5.93. The zero-order valence-corrected chi connectivity index (χ0v) is 13.4. The largest absolute Gasteiger partial charge is 0.451 e. The van der Waals surface area contributed by atoms with E-state index in [0.29, 0.717) is 24.2 Å². The van der Waals surface area contributed by atoms with Gasteiger partial charge in [-0.3, -0.25) is 9.59 Å². The smallest absolute Gasteiger partial charge is 0.289 e. The molecule has 2 heterocycles. The fourth-order valence-electron chi connectivity index (χ4n) is 3.02. The van der Waals surface area contributed by atoms with E-state index < -0.39 is 11.7 Å². The molecule has 1 saturated heterocycles. The number of likely N-dealkylation sites (tertiary alicyclic amines) is 1. The molecule has 3 rings (SSSR count). The van der Waals surface area contributed by atoms with Crippen molar-refractivity contribution in [3.05, 3.63) is 48.0 Å². The van der Waals surface area contributed by atoms with E-state index in [1.165, 1.54) is 12.1 Å². The number of hydrogen-bond acceptors (Lipinski definition) is 3. The van der Waals surface area contributed by atoms with Crippen LogP contribution in [0.1, 0.15) is 30.3 Å². The molecule has 1 aliphatic heterocycles. The van der Waals surface area contributed by atoms with Crippen LogP contribution in [-0.2, 0) is 4.79 Å². The summed E-state index contributed by atoms with van der Waals surface area (Å²) in [5, 5.41) is 0. The molecule has 6 heteroatoms. The fourth-order valence-corrected chi connectivity index (χ4v) is 3.02. The van der Waals surface area contributed by atoms with Crippen LogP contribution in [0.2, 0.25) is 0 Å². The monoisotopic (exact) mass is 330 g/mol. The van der Waals surface area contributed by atoms with E-state index in [1.807, 2.05) is 6.92 Å². The lowest BCUT2D eigenvalue weighted by Crippen LogP contribution is -2.48. The van der Waals surface area contributed by atoms with E-state index >= 15 is 0 Å². The minimum absolute atomic E-state index is 0.00453. The van der Waals surface area contributed by atoms with Crippen molar-refractivity contribution in [2.45, 2.75) is 25.8 Å². The summed E-state index contributed by atoms with van der Waals surface area (Å²) in [5.74, 6) is -1.03. The number of carbonyl (C=O) groups is 2. The minimum Gasteiger partial charge on any atom is -0.451 e. The van der Waals surface area contributed by atoms with Gasteiger partial charge in [-0.25, -0.2) is 4.39 Å². The fraction of sp³-hybridized carbons (Fsp3) is 0.333. The van der Waals surface area contributed by atoms with Gasteiger partial charge in [-0.2, -0.15) is 0 Å². The lowest BCUT2D eigenvalue weighted by Gasteiger charge is -2.36. The van der Waals surface area contributed by atoms with Crippen LogP contribution in [0.4, 0.5) is 4.39 Å². The molecule has 0 saturated carbocycles. The van der Waals surface area contributed by atoms with Gasteiger partial charge in [0.2, 0.25) is 5.91 Å². The van der Waals surface area contributed by atoms with Crippen molar-refractivity contribution in [2.75, 3.05) is 6.54 Å². The maximum absolute atomic E-state index is 13.8. The summed E-state index contributed by atoms with van der Waals surface area (Å²) in [6, 6.07) is 9.32. The van der Waals surface area contributed by atoms with Gasteiger partial charge in [-0.05, 0) is 44.0 Å². The minimum atomic E-state index is -0.411. The number of halogens is 1. The normalized spacial score (nSPS) is 20.8. The number of carbonyl (C=O) groups excluding carboxylic acids is 2. The average molecular weight is 330 g/mol. The molecular weight excluding hydrogens is 311 g/mol. The maximum Gasteiger partial charge on any atom is 0.289 e. The Bertz CT molecular complexity index is 771. The van der Waals surface area contributed by atoms with Gasteiger partial charge in [-0.15, -0.1) is 0 Å².